The minimum Gasteiger partial charge on any atom is -0.347 e. The molecule has 2 aliphatic heterocycles. The second kappa shape index (κ2) is 9.95. The van der Waals surface area contributed by atoms with Gasteiger partial charge in [0.1, 0.15) is 5.82 Å². The van der Waals surface area contributed by atoms with Gasteiger partial charge in [0.25, 0.3) is 0 Å². The van der Waals surface area contributed by atoms with E-state index < -0.39 is 23.5 Å². The van der Waals surface area contributed by atoms with Crippen LogP contribution in [-0.2, 0) is 22.4 Å². The lowest BCUT2D eigenvalue weighted by atomic mass is 9.82. The highest BCUT2D eigenvalue weighted by atomic mass is 19.2. The van der Waals surface area contributed by atoms with Gasteiger partial charge in [0, 0.05) is 24.2 Å². The van der Waals surface area contributed by atoms with Gasteiger partial charge in [-0.2, -0.15) is 0 Å². The summed E-state index contributed by atoms with van der Waals surface area (Å²) in [6, 6.07) is 10.4. The number of nitrogens with zero attached hydrogens (tertiary/aromatic N) is 1. The van der Waals surface area contributed by atoms with Crippen molar-refractivity contribution in [2.75, 3.05) is 6.54 Å². The standard InChI is InChI=1S/C25H28F3N3O2/c26-20-13-22(28)21(27)11-16(20)12-23(29)17-9-18-6-7-19(10-17)31(18)25(33)14-30-24(32)8-15-4-2-1-3-5-15/h1-5,11,13,17-19,23H,6-10,12,14,29H2,(H,30,32)/t17?,18-,19+,23-/m1/s1. The molecule has 0 spiro atoms. The third kappa shape index (κ3) is 5.38. The Morgan fingerprint density at radius 3 is 2.30 bits per heavy atom. The van der Waals surface area contributed by atoms with Crippen molar-refractivity contribution >= 4 is 11.8 Å². The monoisotopic (exact) mass is 459 g/mol. The summed E-state index contributed by atoms with van der Waals surface area (Å²) in [7, 11) is 0. The number of hydrogen-bond acceptors (Lipinski definition) is 3. The number of carbonyl (C=O) groups excluding carboxylic acids is 2. The van der Waals surface area contributed by atoms with Gasteiger partial charge in [-0.1, -0.05) is 30.3 Å². The Kier molecular flexibility index (Phi) is 7.02. The largest absolute Gasteiger partial charge is 0.347 e. The van der Waals surface area contributed by atoms with Gasteiger partial charge in [-0.3, -0.25) is 9.59 Å². The SMILES string of the molecule is N[C@H](Cc1cc(F)c(F)cc1F)C1C[C@H]2CC[C@@H](C1)N2C(=O)CNC(=O)Cc1ccccc1. The van der Waals surface area contributed by atoms with Gasteiger partial charge in [0.2, 0.25) is 11.8 Å². The Bertz CT molecular complexity index is 1000. The fraction of sp³-hybridized carbons (Fsp3) is 0.440. The summed E-state index contributed by atoms with van der Waals surface area (Å²) in [5, 5.41) is 2.72. The molecule has 33 heavy (non-hydrogen) atoms. The Labute approximate surface area is 191 Å². The quantitative estimate of drug-likeness (QED) is 0.625. The molecule has 2 aliphatic rings. The number of carbonyl (C=O) groups is 2. The van der Waals surface area contributed by atoms with E-state index >= 15 is 0 Å². The summed E-state index contributed by atoms with van der Waals surface area (Å²) in [4.78, 5) is 26.9. The first-order valence-electron chi connectivity index (χ1n) is 11.3. The van der Waals surface area contributed by atoms with Gasteiger partial charge in [-0.05, 0) is 55.2 Å². The first-order valence-corrected chi connectivity index (χ1v) is 11.3. The molecule has 0 aliphatic carbocycles. The Morgan fingerprint density at radius 1 is 1.00 bits per heavy atom. The highest BCUT2D eigenvalue weighted by Crippen LogP contribution is 2.40. The number of halogens is 3. The molecule has 0 aromatic heterocycles. The van der Waals surface area contributed by atoms with Crippen molar-refractivity contribution in [3.63, 3.8) is 0 Å². The number of nitrogens with two attached hydrogens (primary N) is 1. The molecule has 2 aromatic rings. The van der Waals surface area contributed by atoms with E-state index in [0.29, 0.717) is 18.9 Å². The van der Waals surface area contributed by atoms with E-state index in [1.807, 2.05) is 35.2 Å². The molecule has 4 rings (SSSR count). The van der Waals surface area contributed by atoms with Crippen LogP contribution in [0.2, 0.25) is 0 Å². The first kappa shape index (κ1) is 23.3. The third-order valence-corrected chi connectivity index (χ3v) is 6.85. The smallest absolute Gasteiger partial charge is 0.242 e. The van der Waals surface area contributed by atoms with Crippen LogP contribution in [0, 0.1) is 23.4 Å². The second-order valence-electron chi connectivity index (χ2n) is 9.08. The lowest BCUT2D eigenvalue weighted by Crippen LogP contribution is -2.52. The Hall–Kier alpha value is -2.87. The summed E-state index contributed by atoms with van der Waals surface area (Å²) < 4.78 is 40.7. The number of rotatable bonds is 7. The highest BCUT2D eigenvalue weighted by Gasteiger charge is 2.44. The molecule has 5 nitrogen and oxygen atoms in total. The van der Waals surface area contributed by atoms with Crippen molar-refractivity contribution in [3.8, 4) is 0 Å². The fourth-order valence-electron chi connectivity index (χ4n) is 5.23. The van der Waals surface area contributed by atoms with Gasteiger partial charge in [0.15, 0.2) is 11.6 Å². The maximum atomic E-state index is 14.0. The number of nitrogens with one attached hydrogen (secondary N) is 1. The van der Waals surface area contributed by atoms with Crippen molar-refractivity contribution in [1.29, 1.82) is 0 Å². The van der Waals surface area contributed by atoms with Crippen LogP contribution in [0.5, 0.6) is 0 Å². The van der Waals surface area contributed by atoms with E-state index in [9.17, 15) is 22.8 Å². The van der Waals surface area contributed by atoms with Crippen LogP contribution in [0.3, 0.4) is 0 Å². The lowest BCUT2D eigenvalue weighted by Gasteiger charge is -2.41. The average molecular weight is 460 g/mol. The van der Waals surface area contributed by atoms with Crippen molar-refractivity contribution < 1.29 is 22.8 Å². The predicted octanol–water partition coefficient (Wildman–Crippen LogP) is 3.10. The number of hydrogen-bond donors (Lipinski definition) is 2. The van der Waals surface area contributed by atoms with E-state index in [1.165, 1.54) is 0 Å². The zero-order chi connectivity index (χ0) is 23.5. The highest BCUT2D eigenvalue weighted by molar-refractivity contribution is 5.86. The van der Waals surface area contributed by atoms with E-state index in [0.717, 1.165) is 24.5 Å². The number of piperidine rings is 1. The van der Waals surface area contributed by atoms with E-state index in [4.69, 9.17) is 5.73 Å². The van der Waals surface area contributed by atoms with Gasteiger partial charge in [-0.25, -0.2) is 13.2 Å². The van der Waals surface area contributed by atoms with Crippen molar-refractivity contribution in [2.24, 2.45) is 11.7 Å². The van der Waals surface area contributed by atoms with E-state index in [2.05, 4.69) is 5.32 Å². The van der Waals surface area contributed by atoms with Gasteiger partial charge in [0.05, 0.1) is 13.0 Å². The molecule has 2 aromatic carbocycles. The summed E-state index contributed by atoms with van der Waals surface area (Å²) >= 11 is 0. The molecule has 0 saturated carbocycles. The number of benzene rings is 2. The topological polar surface area (TPSA) is 75.4 Å². The minimum atomic E-state index is -1.22. The van der Waals surface area contributed by atoms with Crippen LogP contribution in [0.15, 0.2) is 42.5 Å². The summed E-state index contributed by atoms with van der Waals surface area (Å²) in [6.07, 6.45) is 3.39. The Balaban J connectivity index is 1.31. The van der Waals surface area contributed by atoms with Crippen LogP contribution < -0.4 is 11.1 Å². The van der Waals surface area contributed by atoms with E-state index in [1.54, 1.807) is 0 Å². The first-order chi connectivity index (χ1) is 15.8. The molecule has 176 valence electrons. The predicted molar refractivity (Wildman–Crippen MR) is 118 cm³/mol. The fourth-order valence-corrected chi connectivity index (χ4v) is 5.23. The van der Waals surface area contributed by atoms with E-state index in [-0.39, 0.29) is 54.8 Å². The molecule has 2 bridgehead atoms. The summed E-state index contributed by atoms with van der Waals surface area (Å²) in [5.74, 6) is -3.37. The lowest BCUT2D eigenvalue weighted by molar-refractivity contribution is -0.137. The van der Waals surface area contributed by atoms with Crippen LogP contribution in [0.4, 0.5) is 13.2 Å². The molecule has 8 heteroatoms. The van der Waals surface area contributed by atoms with Crippen molar-refractivity contribution in [2.45, 2.75) is 56.7 Å². The normalized spacial score (nSPS) is 22.8. The molecule has 4 atom stereocenters. The van der Waals surface area contributed by atoms with Gasteiger partial charge < -0.3 is 16.0 Å². The molecule has 2 amide bonds. The molecular formula is C25H28F3N3O2. The molecule has 0 radical (unpaired) electrons. The zero-order valence-electron chi connectivity index (χ0n) is 18.3. The Morgan fingerprint density at radius 2 is 1.64 bits per heavy atom. The summed E-state index contributed by atoms with van der Waals surface area (Å²) in [5.41, 5.74) is 7.29. The zero-order valence-corrected chi connectivity index (χ0v) is 18.3. The van der Waals surface area contributed by atoms with Crippen molar-refractivity contribution in [3.05, 3.63) is 71.0 Å². The van der Waals surface area contributed by atoms with Crippen LogP contribution in [0.25, 0.3) is 0 Å². The van der Waals surface area contributed by atoms with Crippen molar-refractivity contribution in [1.82, 2.24) is 10.2 Å². The van der Waals surface area contributed by atoms with Gasteiger partial charge >= 0.3 is 0 Å². The molecule has 1 unspecified atom stereocenters. The van der Waals surface area contributed by atoms with Gasteiger partial charge in [-0.15, -0.1) is 0 Å². The number of amides is 2. The van der Waals surface area contributed by atoms with Crippen LogP contribution in [0.1, 0.15) is 36.8 Å². The molecule has 2 fully saturated rings. The molecular weight excluding hydrogens is 431 g/mol. The molecule has 3 N–H and O–H groups in total. The number of fused-ring (bicyclic) bond motifs is 2. The average Bonchev–Trinajstić information content (AvgIpc) is 3.05. The van der Waals surface area contributed by atoms with Crippen LogP contribution >= 0.6 is 0 Å². The maximum Gasteiger partial charge on any atom is 0.242 e. The maximum absolute atomic E-state index is 14.0. The third-order valence-electron chi connectivity index (χ3n) is 6.85. The molecule has 2 saturated heterocycles. The summed E-state index contributed by atoms with van der Waals surface area (Å²) in [6.45, 7) is -0.0462. The minimum absolute atomic E-state index is 0.0214. The second-order valence-corrected chi connectivity index (χ2v) is 9.08. The van der Waals surface area contributed by atoms with Crippen LogP contribution in [-0.4, -0.2) is 41.4 Å². The molecule has 2 heterocycles.